The van der Waals surface area contributed by atoms with Crippen molar-refractivity contribution in [2.75, 3.05) is 5.75 Å². The molecular weight excluding hydrogens is 383 g/mol. The van der Waals surface area contributed by atoms with Gasteiger partial charge in [-0.1, -0.05) is 86.8 Å². The minimum absolute atomic E-state index is 0.0941. The summed E-state index contributed by atoms with van der Waals surface area (Å²) in [5.41, 5.74) is 2.66. The lowest BCUT2D eigenvalue weighted by Gasteiger charge is -2.18. The zero-order valence-electron chi connectivity index (χ0n) is 16.7. The van der Waals surface area contributed by atoms with Crippen LogP contribution in [0.15, 0.2) is 60.7 Å². The second-order valence-electron chi connectivity index (χ2n) is 6.51. The van der Waals surface area contributed by atoms with Gasteiger partial charge >= 0.3 is 0 Å². The molecular formula is C23H31BO2S2. The Kier molecular flexibility index (Phi) is 14.7. The van der Waals surface area contributed by atoms with Gasteiger partial charge in [0.05, 0.1) is 7.85 Å². The van der Waals surface area contributed by atoms with Crippen molar-refractivity contribution in [3.8, 4) is 0 Å². The molecule has 0 aliphatic heterocycles. The molecule has 2 unspecified atom stereocenters. The van der Waals surface area contributed by atoms with Gasteiger partial charge in [0.2, 0.25) is 0 Å². The molecule has 5 heteroatoms. The second kappa shape index (κ2) is 16.6. The second-order valence-corrected chi connectivity index (χ2v) is 9.05. The molecule has 0 spiro atoms. The summed E-state index contributed by atoms with van der Waals surface area (Å²) in [5.74, 6) is 2.25. The zero-order chi connectivity index (χ0) is 20.5. The fraction of sp³-hybridized carbons (Fsp3) is 0.435. The van der Waals surface area contributed by atoms with E-state index in [1.54, 1.807) is 0 Å². The molecule has 2 aromatic carbocycles. The predicted molar refractivity (Wildman–Crippen MR) is 126 cm³/mol. The van der Waals surface area contributed by atoms with Crippen LogP contribution in [0.4, 0.5) is 0 Å². The maximum Gasteiger partial charge on any atom is 0.290 e. The van der Waals surface area contributed by atoms with Crippen molar-refractivity contribution in [1.82, 2.24) is 0 Å². The lowest BCUT2D eigenvalue weighted by Crippen LogP contribution is -2.06. The highest BCUT2D eigenvalue weighted by Crippen LogP contribution is 2.30. The maximum atomic E-state index is 8.36. The first-order valence-electron chi connectivity index (χ1n) is 9.86. The van der Waals surface area contributed by atoms with Gasteiger partial charge in [-0.2, -0.15) is 23.5 Å². The standard InChI is InChI=1S/C22H29BS2.CH2O2/c1-2-3-6-15-21(25-18-19-11-7-4-8-12-19)16-17-24-22(23)20-13-9-5-10-14-20;2-1-3/h4-5,7-14,21-22H,2-3,6,15-18H2,1H3;1H,(H,2,3). The summed E-state index contributed by atoms with van der Waals surface area (Å²) in [4.78, 5) is 8.36. The number of benzene rings is 2. The van der Waals surface area contributed by atoms with Crippen LogP contribution in [-0.2, 0) is 10.5 Å². The highest BCUT2D eigenvalue weighted by molar-refractivity contribution is 8.00. The first-order valence-corrected chi connectivity index (χ1v) is 12.0. The van der Waals surface area contributed by atoms with Crippen LogP contribution in [0.5, 0.6) is 0 Å². The minimum atomic E-state index is -0.250. The van der Waals surface area contributed by atoms with Gasteiger partial charge in [-0.05, 0) is 34.9 Å². The maximum absolute atomic E-state index is 8.36. The van der Waals surface area contributed by atoms with Crippen molar-refractivity contribution in [2.45, 2.75) is 55.2 Å². The third kappa shape index (κ3) is 11.5. The van der Waals surface area contributed by atoms with E-state index in [4.69, 9.17) is 17.7 Å². The van der Waals surface area contributed by atoms with Gasteiger partial charge in [0.25, 0.3) is 6.47 Å². The molecule has 2 rings (SSSR count). The normalized spacial score (nSPS) is 12.5. The molecule has 0 saturated carbocycles. The zero-order valence-corrected chi connectivity index (χ0v) is 18.3. The lowest BCUT2D eigenvalue weighted by atomic mass is 9.96. The molecule has 0 saturated heterocycles. The number of thioether (sulfide) groups is 2. The van der Waals surface area contributed by atoms with E-state index in [9.17, 15) is 0 Å². The molecule has 150 valence electrons. The largest absolute Gasteiger partial charge is 0.483 e. The van der Waals surface area contributed by atoms with E-state index >= 15 is 0 Å². The molecule has 0 heterocycles. The SMILES string of the molecule is O=CO.[B]C(SCCC(CCCCC)SCc1ccccc1)c1ccccc1. The molecule has 0 aliphatic rings. The summed E-state index contributed by atoms with van der Waals surface area (Å²) in [7, 11) is 6.32. The summed E-state index contributed by atoms with van der Waals surface area (Å²) in [6.07, 6.45) is 6.56. The molecule has 1 N–H and O–H groups in total. The Morgan fingerprint density at radius 3 is 2.18 bits per heavy atom. The average molecular weight is 414 g/mol. The summed E-state index contributed by atoms with van der Waals surface area (Å²) < 4.78 is 0. The summed E-state index contributed by atoms with van der Waals surface area (Å²) in [6.45, 7) is 2.03. The Morgan fingerprint density at radius 2 is 1.57 bits per heavy atom. The van der Waals surface area contributed by atoms with Crippen LogP contribution < -0.4 is 0 Å². The number of hydrogen-bond donors (Lipinski definition) is 1. The van der Waals surface area contributed by atoms with Crippen molar-refractivity contribution >= 4 is 37.8 Å². The van der Waals surface area contributed by atoms with Crippen LogP contribution in [0, 0.1) is 0 Å². The first kappa shape index (κ1) is 24.7. The Morgan fingerprint density at radius 1 is 0.964 bits per heavy atom. The first-order chi connectivity index (χ1) is 13.7. The van der Waals surface area contributed by atoms with Crippen LogP contribution in [0.3, 0.4) is 0 Å². The fourth-order valence-electron chi connectivity index (χ4n) is 2.79. The summed E-state index contributed by atoms with van der Waals surface area (Å²) in [6, 6.07) is 21.3. The quantitative estimate of drug-likeness (QED) is 0.242. The lowest BCUT2D eigenvalue weighted by molar-refractivity contribution is -0.122. The van der Waals surface area contributed by atoms with Gasteiger partial charge in [0.1, 0.15) is 0 Å². The van der Waals surface area contributed by atoms with Gasteiger partial charge in [-0.15, -0.1) is 0 Å². The van der Waals surface area contributed by atoms with E-state index in [0.29, 0.717) is 0 Å². The molecule has 2 aromatic rings. The minimum Gasteiger partial charge on any atom is -0.483 e. The molecule has 0 bridgehead atoms. The molecule has 0 aromatic heterocycles. The fourth-order valence-corrected chi connectivity index (χ4v) is 5.20. The Balaban J connectivity index is 0.00000122. The monoisotopic (exact) mass is 414 g/mol. The molecule has 0 amide bonds. The van der Waals surface area contributed by atoms with Gasteiger partial charge < -0.3 is 5.11 Å². The summed E-state index contributed by atoms with van der Waals surface area (Å²) >= 11 is 4.00. The van der Waals surface area contributed by atoms with Crippen molar-refractivity contribution in [3.63, 3.8) is 0 Å². The van der Waals surface area contributed by atoms with E-state index in [-0.39, 0.29) is 11.6 Å². The Bertz CT molecular complexity index is 611. The number of hydrogen-bond acceptors (Lipinski definition) is 3. The van der Waals surface area contributed by atoms with Crippen molar-refractivity contribution < 1.29 is 9.90 Å². The molecule has 0 aliphatic carbocycles. The Hall–Kier alpha value is -1.33. The highest BCUT2D eigenvalue weighted by atomic mass is 32.2. The molecule has 2 radical (unpaired) electrons. The van der Waals surface area contributed by atoms with E-state index in [0.717, 1.165) is 16.8 Å². The molecule has 0 fully saturated rings. The third-order valence-corrected chi connectivity index (χ3v) is 6.87. The Labute approximate surface area is 180 Å². The highest BCUT2D eigenvalue weighted by Gasteiger charge is 2.11. The number of unbranched alkanes of at least 4 members (excludes halogenated alkanes) is 2. The van der Waals surface area contributed by atoms with Gasteiger partial charge in [0, 0.05) is 11.0 Å². The van der Waals surface area contributed by atoms with Crippen molar-refractivity contribution in [3.05, 3.63) is 71.8 Å². The van der Waals surface area contributed by atoms with Gasteiger partial charge in [-0.25, -0.2) is 0 Å². The van der Waals surface area contributed by atoms with E-state index in [1.165, 1.54) is 43.2 Å². The van der Waals surface area contributed by atoms with E-state index < -0.39 is 0 Å². The van der Waals surface area contributed by atoms with Crippen LogP contribution in [0.1, 0.15) is 55.3 Å². The van der Waals surface area contributed by atoms with E-state index in [2.05, 4.69) is 73.3 Å². The molecule has 28 heavy (non-hydrogen) atoms. The molecule has 2 nitrogen and oxygen atoms in total. The van der Waals surface area contributed by atoms with Crippen LogP contribution in [0.2, 0.25) is 0 Å². The summed E-state index contributed by atoms with van der Waals surface area (Å²) in [5, 5.41) is 7.72. The van der Waals surface area contributed by atoms with Gasteiger partial charge in [0.15, 0.2) is 0 Å². The van der Waals surface area contributed by atoms with Crippen LogP contribution in [-0.4, -0.2) is 30.4 Å². The third-order valence-electron chi connectivity index (χ3n) is 4.32. The molecule has 2 atom stereocenters. The van der Waals surface area contributed by atoms with Crippen LogP contribution >= 0.6 is 23.5 Å². The average Bonchev–Trinajstić information content (AvgIpc) is 2.73. The number of carboxylic acid groups (broad SMARTS) is 1. The van der Waals surface area contributed by atoms with E-state index in [1.807, 2.05) is 17.8 Å². The number of carbonyl (C=O) groups is 1. The topological polar surface area (TPSA) is 37.3 Å². The van der Waals surface area contributed by atoms with Crippen LogP contribution in [0.25, 0.3) is 0 Å². The number of rotatable bonds is 12. The smallest absolute Gasteiger partial charge is 0.290 e. The predicted octanol–water partition coefficient (Wildman–Crippen LogP) is 6.56. The van der Waals surface area contributed by atoms with Crippen molar-refractivity contribution in [1.29, 1.82) is 0 Å². The van der Waals surface area contributed by atoms with Gasteiger partial charge in [-0.3, -0.25) is 4.79 Å². The van der Waals surface area contributed by atoms with Crippen molar-refractivity contribution in [2.24, 2.45) is 0 Å².